The van der Waals surface area contributed by atoms with E-state index in [0.29, 0.717) is 15.6 Å². The topological polar surface area (TPSA) is 77.9 Å². The normalized spacial score (nSPS) is 12.0. The van der Waals surface area contributed by atoms with Gasteiger partial charge in [-0.1, -0.05) is 16.1 Å². The van der Waals surface area contributed by atoms with Crippen molar-refractivity contribution in [1.82, 2.24) is 9.59 Å². The molecule has 0 fully saturated rings. The van der Waals surface area contributed by atoms with Gasteiger partial charge in [0, 0.05) is 33.4 Å². The zero-order valence-electron chi connectivity index (χ0n) is 11.9. The van der Waals surface area contributed by atoms with E-state index in [0.717, 1.165) is 11.5 Å². The van der Waals surface area contributed by atoms with Crippen LogP contribution < -0.4 is 5.32 Å². The Morgan fingerprint density at radius 3 is 2.50 bits per heavy atom. The molecule has 1 N–H and O–H groups in total. The quantitative estimate of drug-likeness (QED) is 0.698. The van der Waals surface area contributed by atoms with Gasteiger partial charge < -0.3 is 9.87 Å². The first-order chi connectivity index (χ1) is 11.5. The van der Waals surface area contributed by atoms with E-state index >= 15 is 0 Å². The van der Waals surface area contributed by atoms with Crippen molar-refractivity contribution >= 4 is 45.9 Å². The van der Waals surface area contributed by atoms with E-state index in [2.05, 4.69) is 14.9 Å². The number of hydrogen-bond donors (Lipinski definition) is 1. The van der Waals surface area contributed by atoms with Crippen molar-refractivity contribution in [3.05, 3.63) is 65.1 Å². The van der Waals surface area contributed by atoms with E-state index in [1.165, 1.54) is 24.3 Å². The number of rotatable bonds is 4. The van der Waals surface area contributed by atoms with Crippen molar-refractivity contribution in [1.29, 1.82) is 0 Å². The molecule has 24 heavy (non-hydrogen) atoms. The van der Waals surface area contributed by atoms with Gasteiger partial charge in [-0.15, -0.1) is 5.10 Å². The lowest BCUT2D eigenvalue weighted by atomic mass is 10.3. The average Bonchev–Trinajstić information content (AvgIpc) is 3.07. The minimum atomic E-state index is -1.60. The third-order valence-electron chi connectivity index (χ3n) is 2.97. The number of hydrogen-bond acceptors (Lipinski definition) is 5. The van der Waals surface area contributed by atoms with Gasteiger partial charge in [0.15, 0.2) is 4.90 Å². The molecule has 0 aliphatic heterocycles. The Morgan fingerprint density at radius 1 is 1.17 bits per heavy atom. The molecule has 9 heteroatoms. The average molecular weight is 382 g/mol. The smallest absolute Gasteiger partial charge is 0.282 e. The summed E-state index contributed by atoms with van der Waals surface area (Å²) in [6.45, 7) is 0. The molecule has 0 aliphatic rings. The highest BCUT2D eigenvalue weighted by Gasteiger charge is 2.28. The summed E-state index contributed by atoms with van der Waals surface area (Å²) in [5, 5.41) is 6.85. The van der Waals surface area contributed by atoms with Crippen LogP contribution >= 0.6 is 23.1 Å². The van der Waals surface area contributed by atoms with Crippen molar-refractivity contribution < 1.29 is 13.7 Å². The second-order valence-corrected chi connectivity index (χ2v) is 7.46. The molecule has 1 aromatic heterocycles. The second-order valence-electron chi connectivity index (χ2n) is 4.59. The molecule has 5 nitrogen and oxygen atoms in total. The summed E-state index contributed by atoms with van der Waals surface area (Å²) in [6, 6.07) is 11.7. The van der Waals surface area contributed by atoms with E-state index in [9.17, 15) is 13.7 Å². The van der Waals surface area contributed by atoms with Crippen molar-refractivity contribution in [2.24, 2.45) is 0 Å². The Hall–Kier alpha value is -2.00. The molecule has 3 aromatic rings. The van der Waals surface area contributed by atoms with Crippen LogP contribution in [0.15, 0.2) is 57.6 Å². The van der Waals surface area contributed by atoms with E-state index in [-0.39, 0.29) is 9.90 Å². The van der Waals surface area contributed by atoms with Crippen molar-refractivity contribution in [2.45, 2.75) is 9.10 Å². The molecule has 1 heterocycles. The lowest BCUT2D eigenvalue weighted by Crippen LogP contribution is -2.16. The molecule has 0 saturated carbocycles. The van der Waals surface area contributed by atoms with Gasteiger partial charge >= 0.3 is 0 Å². The number of nitrogens with zero attached hydrogens (tertiary/aromatic N) is 2. The molecular weight excluding hydrogens is 373 g/mol. The molecule has 0 bridgehead atoms. The molecule has 2 aromatic carbocycles. The predicted molar refractivity (Wildman–Crippen MR) is 90.4 cm³/mol. The van der Waals surface area contributed by atoms with Crippen molar-refractivity contribution in [3.63, 3.8) is 0 Å². The van der Waals surface area contributed by atoms with Gasteiger partial charge in [0.2, 0.25) is 5.69 Å². The van der Waals surface area contributed by atoms with Gasteiger partial charge in [0.25, 0.3) is 10.1 Å². The Morgan fingerprint density at radius 2 is 1.83 bits per heavy atom. The van der Waals surface area contributed by atoms with Crippen molar-refractivity contribution in [3.8, 4) is 0 Å². The summed E-state index contributed by atoms with van der Waals surface area (Å²) in [4.78, 5) is 12.8. The first-order valence-corrected chi connectivity index (χ1v) is 8.91. The monoisotopic (exact) mass is 381 g/mol. The molecule has 3 rings (SSSR count). The molecule has 1 amide bonds. The van der Waals surface area contributed by atoms with Crippen LogP contribution in [-0.2, 0) is 11.2 Å². The summed E-state index contributed by atoms with van der Waals surface area (Å²) in [5.74, 6) is -0.972. The van der Waals surface area contributed by atoms with Crippen molar-refractivity contribution in [2.75, 3.05) is 5.32 Å². The van der Waals surface area contributed by atoms with Gasteiger partial charge in [0.05, 0.1) is 0 Å². The molecule has 1 unspecified atom stereocenters. The van der Waals surface area contributed by atoms with Crippen LogP contribution in [0.3, 0.4) is 0 Å². The van der Waals surface area contributed by atoms with Gasteiger partial charge in [0.1, 0.15) is 5.82 Å². The molecule has 0 spiro atoms. The highest BCUT2D eigenvalue weighted by Crippen LogP contribution is 2.27. The summed E-state index contributed by atoms with van der Waals surface area (Å²) in [7, 11) is 0. The number of benzene rings is 2. The third-order valence-corrected chi connectivity index (χ3v) is 5.65. The number of carbonyl (C=O) groups is 1. The van der Waals surface area contributed by atoms with Crippen LogP contribution in [-0.4, -0.2) is 20.0 Å². The van der Waals surface area contributed by atoms with Crippen LogP contribution in [0.1, 0.15) is 10.5 Å². The highest BCUT2D eigenvalue weighted by atomic mass is 35.5. The fourth-order valence-corrected chi connectivity index (χ4v) is 3.94. The van der Waals surface area contributed by atoms with E-state index < -0.39 is 22.9 Å². The fourth-order valence-electron chi connectivity index (χ4n) is 1.83. The molecular formula is C15H9ClFN3O2S2. The number of anilines is 1. The van der Waals surface area contributed by atoms with Gasteiger partial charge in [-0.05, 0) is 48.5 Å². The standard InChI is InChI=1S/C15H9ClFN3O2S2/c16-9-1-7-12(8-2-9)24(22)15-13(19-20-23-15)14(21)18-11-5-3-10(17)4-6-11/h1-8H,(H,18,21). The van der Waals surface area contributed by atoms with Gasteiger partial charge in [-0.25, -0.2) is 4.39 Å². The number of carbonyl (C=O) groups excluding carboxylic acids is 1. The molecule has 0 aliphatic carbocycles. The summed E-state index contributed by atoms with van der Waals surface area (Å²) >= 11 is 5.09. The van der Waals surface area contributed by atoms with Crippen LogP contribution in [0.25, 0.3) is 0 Å². The molecule has 1 atom stereocenters. The number of nitrogens with one attached hydrogen (secondary N) is 1. The van der Waals surface area contributed by atoms with E-state index in [1.807, 2.05) is 0 Å². The SMILES string of the molecule is O=C(Nc1ccc(F)cc1)c1nnsc1[S+]([O-])c1ccc(Cl)cc1. The van der Waals surface area contributed by atoms with E-state index in [1.54, 1.807) is 24.3 Å². The minimum Gasteiger partial charge on any atom is -0.606 e. The second kappa shape index (κ2) is 7.27. The fraction of sp³-hybridized carbons (Fsp3) is 0. The maximum atomic E-state index is 12.9. The first kappa shape index (κ1) is 16.8. The Labute approximate surface area is 148 Å². The lowest BCUT2D eigenvalue weighted by molar-refractivity contribution is 0.101. The molecule has 0 saturated heterocycles. The largest absolute Gasteiger partial charge is 0.606 e. The number of amides is 1. The van der Waals surface area contributed by atoms with E-state index in [4.69, 9.17) is 11.6 Å². The van der Waals surface area contributed by atoms with Crippen LogP contribution in [0.5, 0.6) is 0 Å². The Bertz CT molecular complexity index is 856. The first-order valence-electron chi connectivity index (χ1n) is 6.61. The van der Waals surface area contributed by atoms with Crippen LogP contribution in [0.4, 0.5) is 10.1 Å². The zero-order chi connectivity index (χ0) is 17.1. The van der Waals surface area contributed by atoms with Gasteiger partial charge in [-0.3, -0.25) is 4.79 Å². The lowest BCUT2D eigenvalue weighted by Gasteiger charge is -2.08. The summed E-state index contributed by atoms with van der Waals surface area (Å²) < 4.78 is 29.5. The maximum Gasteiger partial charge on any atom is 0.282 e. The van der Waals surface area contributed by atoms with Gasteiger partial charge in [-0.2, -0.15) is 0 Å². The predicted octanol–water partition coefficient (Wildman–Crippen LogP) is 3.75. The number of halogens is 2. The zero-order valence-corrected chi connectivity index (χ0v) is 14.3. The van der Waals surface area contributed by atoms with Crippen LogP contribution in [0.2, 0.25) is 5.02 Å². The summed E-state index contributed by atoms with van der Waals surface area (Å²) in [5.41, 5.74) is 0.371. The number of aromatic nitrogens is 2. The molecule has 0 radical (unpaired) electrons. The summed E-state index contributed by atoms with van der Waals surface area (Å²) in [6.07, 6.45) is 0. The molecule has 122 valence electrons. The highest BCUT2D eigenvalue weighted by molar-refractivity contribution is 7.93. The third kappa shape index (κ3) is 3.73. The maximum absolute atomic E-state index is 12.9. The van der Waals surface area contributed by atoms with Crippen LogP contribution in [0, 0.1) is 5.82 Å². The Kier molecular flexibility index (Phi) is 5.10. The Balaban J connectivity index is 1.82. The minimum absolute atomic E-state index is 0.0300.